The Balaban J connectivity index is 2.07. The van der Waals surface area contributed by atoms with Crippen molar-refractivity contribution >= 4 is 41.0 Å². The number of benzene rings is 2. The lowest BCUT2D eigenvalue weighted by Gasteiger charge is -2.17. The van der Waals surface area contributed by atoms with Crippen molar-refractivity contribution in [3.8, 4) is 0 Å². The average Bonchev–Trinajstić information content (AvgIpc) is 2.64. The first-order valence-electron chi connectivity index (χ1n) is 7.49. The molecular formula is C18H15Cl2NO5. The molecule has 0 aliphatic rings. The van der Waals surface area contributed by atoms with Gasteiger partial charge in [0.25, 0.3) is 5.91 Å². The van der Waals surface area contributed by atoms with Gasteiger partial charge in [0.1, 0.15) is 6.61 Å². The summed E-state index contributed by atoms with van der Waals surface area (Å²) in [6.07, 6.45) is 0. The highest BCUT2D eigenvalue weighted by atomic mass is 35.5. The number of carbonyl (C=O) groups excluding carboxylic acids is 3. The molecule has 0 heterocycles. The van der Waals surface area contributed by atoms with E-state index in [0.29, 0.717) is 0 Å². The highest BCUT2D eigenvalue weighted by Gasteiger charge is 2.25. The number of rotatable bonds is 6. The first-order valence-corrected chi connectivity index (χ1v) is 8.24. The predicted molar refractivity (Wildman–Crippen MR) is 96.5 cm³/mol. The summed E-state index contributed by atoms with van der Waals surface area (Å²) in [7, 11) is 1.16. The summed E-state index contributed by atoms with van der Waals surface area (Å²) >= 11 is 11.9. The Morgan fingerprint density at radius 2 is 1.50 bits per heavy atom. The largest absolute Gasteiger partial charge is 0.467 e. The summed E-state index contributed by atoms with van der Waals surface area (Å²) in [6.45, 7) is -0.424. The molecule has 2 rings (SSSR count). The fourth-order valence-electron chi connectivity index (χ4n) is 2.06. The van der Waals surface area contributed by atoms with E-state index >= 15 is 0 Å². The zero-order valence-electron chi connectivity index (χ0n) is 13.7. The minimum absolute atomic E-state index is 0.148. The quantitative estimate of drug-likeness (QED) is 0.759. The van der Waals surface area contributed by atoms with Crippen molar-refractivity contribution in [1.82, 2.24) is 5.32 Å². The average molecular weight is 396 g/mol. The molecule has 6 nitrogen and oxygen atoms in total. The van der Waals surface area contributed by atoms with Gasteiger partial charge in [-0.1, -0.05) is 47.5 Å². The second-order valence-corrected chi connectivity index (χ2v) is 5.92. The summed E-state index contributed by atoms with van der Waals surface area (Å²) in [5.41, 5.74) is 0.329. The fourth-order valence-corrected chi connectivity index (χ4v) is 2.49. The molecule has 2 aromatic rings. The van der Waals surface area contributed by atoms with Crippen LogP contribution in [0, 0.1) is 0 Å². The molecule has 8 heteroatoms. The van der Waals surface area contributed by atoms with E-state index in [1.54, 1.807) is 30.3 Å². The summed E-state index contributed by atoms with van der Waals surface area (Å²) in [6, 6.07) is 11.5. The lowest BCUT2D eigenvalue weighted by molar-refractivity contribution is -0.143. The number of nitrogens with one attached hydrogen (secondary N) is 1. The lowest BCUT2D eigenvalue weighted by Crippen LogP contribution is -2.45. The van der Waals surface area contributed by atoms with Gasteiger partial charge < -0.3 is 14.8 Å². The van der Waals surface area contributed by atoms with E-state index in [0.717, 1.165) is 7.11 Å². The SMILES string of the molecule is COC(=O)[C@H](COC(=O)c1ccccc1Cl)NC(=O)c1ccccc1Cl. The molecule has 0 aromatic heterocycles. The van der Waals surface area contributed by atoms with Crippen LogP contribution in [0.4, 0.5) is 0 Å². The Hall–Kier alpha value is -2.57. The van der Waals surface area contributed by atoms with Gasteiger partial charge >= 0.3 is 11.9 Å². The van der Waals surface area contributed by atoms with E-state index in [1.165, 1.54) is 18.2 Å². The van der Waals surface area contributed by atoms with Crippen molar-refractivity contribution in [2.45, 2.75) is 6.04 Å². The Morgan fingerprint density at radius 1 is 0.962 bits per heavy atom. The molecule has 0 radical (unpaired) electrons. The highest BCUT2D eigenvalue weighted by Crippen LogP contribution is 2.17. The third kappa shape index (κ3) is 4.97. The van der Waals surface area contributed by atoms with Crippen LogP contribution in [0.25, 0.3) is 0 Å². The van der Waals surface area contributed by atoms with Crippen LogP contribution in [0.3, 0.4) is 0 Å². The first-order chi connectivity index (χ1) is 12.4. The van der Waals surface area contributed by atoms with Crippen LogP contribution in [0.1, 0.15) is 20.7 Å². The van der Waals surface area contributed by atoms with E-state index in [9.17, 15) is 14.4 Å². The molecule has 1 amide bonds. The van der Waals surface area contributed by atoms with Gasteiger partial charge in [-0.25, -0.2) is 9.59 Å². The normalized spacial score (nSPS) is 11.3. The summed E-state index contributed by atoms with van der Waals surface area (Å²) in [5, 5.41) is 2.88. The van der Waals surface area contributed by atoms with Gasteiger partial charge in [-0.15, -0.1) is 0 Å². The maximum absolute atomic E-state index is 12.3. The highest BCUT2D eigenvalue weighted by molar-refractivity contribution is 6.34. The standard InChI is InChI=1S/C18H15Cl2NO5/c1-25-18(24)15(21-16(22)11-6-2-4-8-13(11)19)10-26-17(23)12-7-3-5-9-14(12)20/h2-9,15H,10H2,1H3,(H,21,22)/t15-/m0/s1. The topological polar surface area (TPSA) is 81.7 Å². The van der Waals surface area contributed by atoms with Crippen LogP contribution < -0.4 is 5.32 Å². The Labute approximate surface area is 160 Å². The molecule has 1 atom stereocenters. The summed E-state index contributed by atoms with van der Waals surface area (Å²) < 4.78 is 9.73. The molecule has 0 bridgehead atoms. The lowest BCUT2D eigenvalue weighted by atomic mass is 10.2. The number of methoxy groups -OCH3 is 1. The van der Waals surface area contributed by atoms with E-state index in [4.69, 9.17) is 27.9 Å². The van der Waals surface area contributed by atoms with E-state index in [-0.39, 0.29) is 21.2 Å². The van der Waals surface area contributed by atoms with Crippen LogP contribution in [0.15, 0.2) is 48.5 Å². The number of esters is 2. The Kier molecular flexibility index (Phi) is 7.00. The van der Waals surface area contributed by atoms with Crippen molar-refractivity contribution in [1.29, 1.82) is 0 Å². The first kappa shape index (κ1) is 19.8. The third-order valence-electron chi connectivity index (χ3n) is 3.38. The molecule has 0 spiro atoms. The Morgan fingerprint density at radius 3 is 2.04 bits per heavy atom. The summed E-state index contributed by atoms with van der Waals surface area (Å²) in [4.78, 5) is 36.3. The number of hydrogen-bond donors (Lipinski definition) is 1. The van der Waals surface area contributed by atoms with Crippen LogP contribution >= 0.6 is 23.2 Å². The van der Waals surface area contributed by atoms with Gasteiger partial charge in [0.15, 0.2) is 6.04 Å². The zero-order valence-corrected chi connectivity index (χ0v) is 15.2. The minimum atomic E-state index is -1.20. The molecule has 0 aliphatic heterocycles. The molecule has 1 N–H and O–H groups in total. The maximum Gasteiger partial charge on any atom is 0.339 e. The second kappa shape index (κ2) is 9.22. The van der Waals surface area contributed by atoms with Gasteiger partial charge in [0, 0.05) is 0 Å². The van der Waals surface area contributed by atoms with Crippen LogP contribution in [0.5, 0.6) is 0 Å². The van der Waals surface area contributed by atoms with E-state index < -0.39 is 30.5 Å². The van der Waals surface area contributed by atoms with Gasteiger partial charge in [-0.3, -0.25) is 4.79 Å². The van der Waals surface area contributed by atoms with Crippen LogP contribution in [-0.4, -0.2) is 37.6 Å². The second-order valence-electron chi connectivity index (χ2n) is 5.11. The Bertz CT molecular complexity index is 825. The zero-order chi connectivity index (χ0) is 19.1. The van der Waals surface area contributed by atoms with Crippen molar-refractivity contribution < 1.29 is 23.9 Å². The molecule has 26 heavy (non-hydrogen) atoms. The molecule has 0 saturated carbocycles. The number of amides is 1. The van der Waals surface area contributed by atoms with Crippen molar-refractivity contribution in [3.05, 3.63) is 69.7 Å². The molecular weight excluding hydrogens is 381 g/mol. The number of ether oxygens (including phenoxy) is 2. The van der Waals surface area contributed by atoms with E-state index in [2.05, 4.69) is 10.1 Å². The summed E-state index contributed by atoms with van der Waals surface area (Å²) in [5.74, 6) is -2.09. The molecule has 136 valence electrons. The van der Waals surface area contributed by atoms with Crippen LogP contribution in [0.2, 0.25) is 10.0 Å². The predicted octanol–water partition coefficient (Wildman–Crippen LogP) is 3.12. The number of hydrogen-bond acceptors (Lipinski definition) is 5. The van der Waals surface area contributed by atoms with Crippen molar-refractivity contribution in [2.75, 3.05) is 13.7 Å². The molecule has 0 unspecified atom stereocenters. The molecule has 0 saturated heterocycles. The number of halogens is 2. The van der Waals surface area contributed by atoms with Gasteiger partial charge in [-0.2, -0.15) is 0 Å². The minimum Gasteiger partial charge on any atom is -0.467 e. The van der Waals surface area contributed by atoms with Crippen LogP contribution in [-0.2, 0) is 14.3 Å². The van der Waals surface area contributed by atoms with Crippen molar-refractivity contribution in [2.24, 2.45) is 0 Å². The monoisotopic (exact) mass is 395 g/mol. The third-order valence-corrected chi connectivity index (χ3v) is 4.04. The van der Waals surface area contributed by atoms with E-state index in [1.807, 2.05) is 0 Å². The van der Waals surface area contributed by atoms with Gasteiger partial charge in [0.2, 0.25) is 0 Å². The van der Waals surface area contributed by atoms with Gasteiger partial charge in [-0.05, 0) is 24.3 Å². The fraction of sp³-hybridized carbons (Fsp3) is 0.167. The maximum atomic E-state index is 12.3. The molecule has 0 aliphatic carbocycles. The van der Waals surface area contributed by atoms with Gasteiger partial charge in [0.05, 0.1) is 28.3 Å². The molecule has 2 aromatic carbocycles. The molecule has 0 fully saturated rings. The number of carbonyl (C=O) groups is 3. The van der Waals surface area contributed by atoms with Crippen molar-refractivity contribution in [3.63, 3.8) is 0 Å². The smallest absolute Gasteiger partial charge is 0.339 e.